The number of nitro benzene ring substituents is 1. The number of fused-ring (bicyclic) bond motifs is 1. The predicted octanol–water partition coefficient (Wildman–Crippen LogP) is 3.11. The molecule has 0 aliphatic heterocycles. The average Bonchev–Trinajstić information content (AvgIpc) is 3.52. The molecule has 3 aromatic carbocycles. The molecule has 2 heterocycles. The molecular weight excluding hydrogens is 466 g/mol. The van der Waals surface area contributed by atoms with Gasteiger partial charge in [-0.15, -0.1) is 5.10 Å². The Morgan fingerprint density at radius 1 is 1.08 bits per heavy atom. The first-order chi connectivity index (χ1) is 17.4. The van der Waals surface area contributed by atoms with Crippen molar-refractivity contribution in [3.63, 3.8) is 0 Å². The average molecular weight is 483 g/mol. The third-order valence-electron chi connectivity index (χ3n) is 5.43. The topological polar surface area (TPSA) is 180 Å². The van der Waals surface area contributed by atoms with Crippen molar-refractivity contribution in [2.24, 2.45) is 5.10 Å². The van der Waals surface area contributed by atoms with Crippen molar-refractivity contribution in [1.29, 1.82) is 0 Å². The van der Waals surface area contributed by atoms with E-state index < -0.39 is 10.8 Å². The molecule has 178 valence electrons. The Bertz CT molecular complexity index is 1640. The summed E-state index contributed by atoms with van der Waals surface area (Å²) in [7, 11) is 0. The molecule has 0 atom stereocenters. The maximum atomic E-state index is 13.1. The summed E-state index contributed by atoms with van der Waals surface area (Å²) in [5.74, 6) is -0.740. The zero-order chi connectivity index (χ0) is 25.2. The second kappa shape index (κ2) is 9.06. The van der Waals surface area contributed by atoms with Gasteiger partial charge in [-0.1, -0.05) is 41.6 Å². The van der Waals surface area contributed by atoms with E-state index in [1.807, 2.05) is 42.5 Å². The van der Waals surface area contributed by atoms with E-state index in [1.165, 1.54) is 28.9 Å². The van der Waals surface area contributed by atoms with Crippen LogP contribution < -0.4 is 11.2 Å². The number of hydrogen-bond acceptors (Lipinski definition) is 10. The molecule has 1 amide bonds. The highest BCUT2D eigenvalue weighted by Crippen LogP contribution is 2.28. The zero-order valence-electron chi connectivity index (χ0n) is 18.7. The van der Waals surface area contributed by atoms with Gasteiger partial charge in [0.2, 0.25) is 11.6 Å². The number of nitrogens with one attached hydrogen (secondary N) is 1. The lowest BCUT2D eigenvalue weighted by molar-refractivity contribution is -0.384. The molecule has 13 heteroatoms. The van der Waals surface area contributed by atoms with Crippen molar-refractivity contribution < 1.29 is 14.3 Å². The van der Waals surface area contributed by atoms with Gasteiger partial charge in [0.1, 0.15) is 5.69 Å². The van der Waals surface area contributed by atoms with Crippen LogP contribution in [-0.4, -0.2) is 41.8 Å². The highest BCUT2D eigenvalue weighted by molar-refractivity contribution is 6.04. The Hall–Kier alpha value is -5.46. The van der Waals surface area contributed by atoms with E-state index in [1.54, 1.807) is 6.92 Å². The number of nitrogens with zero attached hydrogens (tertiary/aromatic N) is 7. The van der Waals surface area contributed by atoms with Crippen LogP contribution in [0.15, 0.2) is 76.5 Å². The lowest BCUT2D eigenvalue weighted by Gasteiger charge is -2.07. The van der Waals surface area contributed by atoms with Crippen molar-refractivity contribution in [2.75, 3.05) is 5.73 Å². The first-order valence-electron chi connectivity index (χ1n) is 10.5. The Morgan fingerprint density at radius 3 is 2.53 bits per heavy atom. The standard InChI is InChI=1S/C23H17N9O4/c1-13(16-7-6-14-4-2-3-5-17(14)12-16)25-27-23(33)19-20(15-8-10-18(11-9-15)32(34)35)31(30-26-19)22-21(24)28-36-29-22/h2-12H,1H3,(H2,24,28)(H,27,33)/b25-13+. The molecular formula is C23H17N9O4. The summed E-state index contributed by atoms with van der Waals surface area (Å²) in [6, 6.07) is 19.3. The summed E-state index contributed by atoms with van der Waals surface area (Å²) >= 11 is 0. The fourth-order valence-corrected chi connectivity index (χ4v) is 3.59. The molecule has 0 saturated carbocycles. The Balaban J connectivity index is 1.49. The maximum absolute atomic E-state index is 13.1. The molecule has 5 aromatic rings. The molecule has 5 rings (SSSR count). The number of aromatic nitrogens is 5. The van der Waals surface area contributed by atoms with Gasteiger partial charge in [-0.25, -0.2) is 10.1 Å². The van der Waals surface area contributed by atoms with Crippen LogP contribution in [0.3, 0.4) is 0 Å². The lowest BCUT2D eigenvalue weighted by Crippen LogP contribution is -2.21. The normalized spacial score (nSPS) is 11.5. The van der Waals surface area contributed by atoms with Crippen molar-refractivity contribution in [3.8, 4) is 17.1 Å². The molecule has 0 radical (unpaired) electrons. The van der Waals surface area contributed by atoms with Crippen LogP contribution >= 0.6 is 0 Å². The Kier molecular flexibility index (Phi) is 5.62. The van der Waals surface area contributed by atoms with Crippen LogP contribution in [0.25, 0.3) is 27.8 Å². The number of amides is 1. The van der Waals surface area contributed by atoms with E-state index in [0.717, 1.165) is 16.3 Å². The van der Waals surface area contributed by atoms with Gasteiger partial charge in [0.15, 0.2) is 5.69 Å². The summed E-state index contributed by atoms with van der Waals surface area (Å²) in [5, 5.41) is 32.6. The summed E-state index contributed by atoms with van der Waals surface area (Å²) in [5.41, 5.74) is 10.0. The minimum Gasteiger partial charge on any atom is -0.378 e. The number of non-ortho nitro benzene ring substituents is 1. The number of nitrogen functional groups attached to an aromatic ring is 1. The van der Waals surface area contributed by atoms with E-state index in [4.69, 9.17) is 5.73 Å². The van der Waals surface area contributed by atoms with Crippen LogP contribution in [0.2, 0.25) is 0 Å². The van der Waals surface area contributed by atoms with Crippen LogP contribution in [0.1, 0.15) is 23.0 Å². The van der Waals surface area contributed by atoms with Crippen LogP contribution in [0, 0.1) is 10.1 Å². The predicted molar refractivity (Wildman–Crippen MR) is 129 cm³/mol. The van der Waals surface area contributed by atoms with Gasteiger partial charge in [0.25, 0.3) is 11.6 Å². The number of hydrazone groups is 1. The van der Waals surface area contributed by atoms with E-state index in [9.17, 15) is 14.9 Å². The number of anilines is 1. The first kappa shape index (κ1) is 22.3. The molecule has 0 unspecified atom stereocenters. The third kappa shape index (κ3) is 4.11. The SMILES string of the molecule is C/C(=N\NC(=O)c1nnn(-c2nonc2N)c1-c1ccc([N+](=O)[O-])cc1)c1ccc2ccccc2c1. The van der Waals surface area contributed by atoms with Crippen molar-refractivity contribution >= 4 is 33.9 Å². The van der Waals surface area contributed by atoms with Gasteiger partial charge in [0.05, 0.1) is 10.6 Å². The van der Waals surface area contributed by atoms with Gasteiger partial charge in [-0.05, 0) is 51.8 Å². The zero-order valence-corrected chi connectivity index (χ0v) is 18.7. The second-order valence-corrected chi connectivity index (χ2v) is 7.68. The van der Waals surface area contributed by atoms with Crippen molar-refractivity contribution in [1.82, 2.24) is 30.7 Å². The summed E-state index contributed by atoms with van der Waals surface area (Å²) in [6.45, 7) is 1.76. The largest absolute Gasteiger partial charge is 0.378 e. The molecule has 0 fully saturated rings. The molecule has 3 N–H and O–H groups in total. The minimum absolute atomic E-state index is 0.00532. The van der Waals surface area contributed by atoms with Gasteiger partial charge in [-0.2, -0.15) is 9.78 Å². The first-order valence-corrected chi connectivity index (χ1v) is 10.5. The summed E-state index contributed by atoms with van der Waals surface area (Å²) in [6.07, 6.45) is 0. The Labute approximate surface area is 202 Å². The van der Waals surface area contributed by atoms with E-state index in [0.29, 0.717) is 11.3 Å². The second-order valence-electron chi connectivity index (χ2n) is 7.68. The van der Waals surface area contributed by atoms with Gasteiger partial charge < -0.3 is 5.73 Å². The Morgan fingerprint density at radius 2 is 1.83 bits per heavy atom. The maximum Gasteiger partial charge on any atom is 0.294 e. The van der Waals surface area contributed by atoms with Gasteiger partial charge in [-0.3, -0.25) is 14.9 Å². The van der Waals surface area contributed by atoms with Crippen molar-refractivity contribution in [3.05, 3.63) is 88.1 Å². The number of nitrogens with two attached hydrogens (primary N) is 1. The number of carbonyl (C=O) groups excluding carboxylic acids is 1. The quantitative estimate of drug-likeness (QED) is 0.208. The fourth-order valence-electron chi connectivity index (χ4n) is 3.59. The molecule has 0 aliphatic rings. The smallest absolute Gasteiger partial charge is 0.294 e. The van der Waals surface area contributed by atoms with Crippen LogP contribution in [0.4, 0.5) is 11.5 Å². The molecule has 0 spiro atoms. The molecule has 0 saturated heterocycles. The van der Waals surface area contributed by atoms with E-state index >= 15 is 0 Å². The number of hydrogen-bond donors (Lipinski definition) is 2. The fraction of sp³-hybridized carbons (Fsp3) is 0.0435. The highest BCUT2D eigenvalue weighted by Gasteiger charge is 2.25. The molecule has 36 heavy (non-hydrogen) atoms. The summed E-state index contributed by atoms with van der Waals surface area (Å²) in [4.78, 5) is 23.6. The number of carbonyl (C=O) groups is 1. The van der Waals surface area contributed by atoms with Crippen LogP contribution in [-0.2, 0) is 0 Å². The van der Waals surface area contributed by atoms with Crippen LogP contribution in [0.5, 0.6) is 0 Å². The number of benzene rings is 3. The highest BCUT2D eigenvalue weighted by atomic mass is 16.6. The lowest BCUT2D eigenvalue weighted by atomic mass is 10.0. The molecule has 0 aliphatic carbocycles. The molecule has 2 aromatic heterocycles. The van der Waals surface area contributed by atoms with Gasteiger partial charge >= 0.3 is 0 Å². The third-order valence-corrected chi connectivity index (χ3v) is 5.43. The van der Waals surface area contributed by atoms with Crippen molar-refractivity contribution in [2.45, 2.75) is 6.92 Å². The monoisotopic (exact) mass is 483 g/mol. The van der Waals surface area contributed by atoms with E-state index in [-0.39, 0.29) is 28.7 Å². The summed E-state index contributed by atoms with van der Waals surface area (Å²) < 4.78 is 5.81. The molecule has 13 nitrogen and oxygen atoms in total. The number of nitro groups is 1. The van der Waals surface area contributed by atoms with E-state index in [2.05, 4.69) is 35.8 Å². The minimum atomic E-state index is -0.662. The number of rotatable bonds is 6. The molecule has 0 bridgehead atoms. The van der Waals surface area contributed by atoms with Gasteiger partial charge in [0, 0.05) is 17.7 Å².